The van der Waals surface area contributed by atoms with Crippen molar-refractivity contribution in [1.29, 1.82) is 0 Å². The Morgan fingerprint density at radius 1 is 0.820 bits per heavy atom. The number of anilines is 1. The Labute approximate surface area is 290 Å². The molecule has 0 radical (unpaired) electrons. The van der Waals surface area contributed by atoms with Gasteiger partial charge in [0.05, 0.1) is 17.7 Å². The van der Waals surface area contributed by atoms with E-state index in [1.54, 1.807) is 30.3 Å². The van der Waals surface area contributed by atoms with Crippen LogP contribution < -0.4 is 15.4 Å². The summed E-state index contributed by atoms with van der Waals surface area (Å²) in [5.41, 5.74) is 6.72. The molecule has 0 aromatic heterocycles. The van der Waals surface area contributed by atoms with Crippen LogP contribution in [0, 0.1) is 0 Å². The van der Waals surface area contributed by atoms with Gasteiger partial charge in [0, 0.05) is 25.3 Å². The van der Waals surface area contributed by atoms with Gasteiger partial charge in [0.1, 0.15) is 24.1 Å². The molecule has 6 rings (SSSR count). The van der Waals surface area contributed by atoms with Gasteiger partial charge in [-0.25, -0.2) is 0 Å². The SMILES string of the molecule is CCC(=C(c1ccc(O)cc1)c1ccc(OCCOCCCNc2ccc3c(c2)C(=O)N(C2CCC(=O)NC2=O)C3=O)cc1)c1ccccc1. The number of hydrogen-bond donors (Lipinski definition) is 3. The fourth-order valence-electron chi connectivity index (χ4n) is 6.33. The van der Waals surface area contributed by atoms with Crippen LogP contribution in [0.4, 0.5) is 5.69 Å². The van der Waals surface area contributed by atoms with Crippen LogP contribution in [0.1, 0.15) is 70.0 Å². The lowest BCUT2D eigenvalue weighted by atomic mass is 9.88. The molecule has 1 atom stereocenters. The molecule has 50 heavy (non-hydrogen) atoms. The van der Waals surface area contributed by atoms with Crippen molar-refractivity contribution in [2.45, 2.75) is 38.6 Å². The summed E-state index contributed by atoms with van der Waals surface area (Å²) in [6.45, 7) is 4.04. The van der Waals surface area contributed by atoms with Crippen molar-refractivity contribution in [1.82, 2.24) is 10.2 Å². The fraction of sp³-hybridized carbons (Fsp3) is 0.250. The number of benzene rings is 4. The standard InChI is InChI=1S/C40H39N3O7/c1-2-32(26-7-4-3-5-8-26)37(27-9-14-30(44)15-10-27)28-11-16-31(17-12-28)50-24-23-49-22-6-21-41-29-13-18-33-34(25-29)40(48)43(39(33)47)35-19-20-36(45)42-38(35)46/h3-5,7-18,25,35,41,44H,2,6,19-24H2,1H3,(H,42,45,46). The van der Waals surface area contributed by atoms with Gasteiger partial charge in [0.15, 0.2) is 0 Å². The molecule has 2 aliphatic heterocycles. The molecule has 0 spiro atoms. The number of nitrogens with one attached hydrogen (secondary N) is 2. The van der Waals surface area contributed by atoms with Crippen molar-refractivity contribution in [3.63, 3.8) is 0 Å². The number of ether oxygens (including phenoxy) is 2. The first-order valence-corrected chi connectivity index (χ1v) is 16.8. The van der Waals surface area contributed by atoms with E-state index in [2.05, 4.69) is 41.8 Å². The summed E-state index contributed by atoms with van der Waals surface area (Å²) in [6, 6.07) is 29.6. The van der Waals surface area contributed by atoms with E-state index in [1.807, 2.05) is 42.5 Å². The topological polar surface area (TPSA) is 134 Å². The van der Waals surface area contributed by atoms with Crippen LogP contribution in [0.5, 0.6) is 11.5 Å². The van der Waals surface area contributed by atoms with Crippen LogP contribution >= 0.6 is 0 Å². The van der Waals surface area contributed by atoms with Crippen LogP contribution in [0.3, 0.4) is 0 Å². The van der Waals surface area contributed by atoms with Gasteiger partial charge in [-0.05, 0) is 89.6 Å². The number of piperidine rings is 1. The number of carbonyl (C=O) groups excluding carboxylic acids is 4. The third-order valence-electron chi connectivity index (χ3n) is 8.81. The number of phenolic OH excluding ortho intramolecular Hbond substituents is 1. The first kappa shape index (κ1) is 34.1. The first-order valence-electron chi connectivity index (χ1n) is 16.8. The maximum atomic E-state index is 13.0. The second-order valence-corrected chi connectivity index (χ2v) is 12.1. The maximum absolute atomic E-state index is 13.0. The summed E-state index contributed by atoms with van der Waals surface area (Å²) in [5.74, 6) is -1.13. The Morgan fingerprint density at radius 3 is 2.22 bits per heavy atom. The fourth-order valence-corrected chi connectivity index (χ4v) is 6.33. The molecule has 3 N–H and O–H groups in total. The predicted octanol–water partition coefficient (Wildman–Crippen LogP) is 6.06. The van der Waals surface area contributed by atoms with Crippen LogP contribution in [0.25, 0.3) is 11.1 Å². The molecule has 2 heterocycles. The van der Waals surface area contributed by atoms with Crippen LogP contribution in [-0.2, 0) is 14.3 Å². The van der Waals surface area contributed by atoms with E-state index < -0.39 is 29.7 Å². The summed E-state index contributed by atoms with van der Waals surface area (Å²) >= 11 is 0. The lowest BCUT2D eigenvalue weighted by Crippen LogP contribution is -2.54. The smallest absolute Gasteiger partial charge is 0.262 e. The number of rotatable bonds is 14. The molecule has 4 aromatic carbocycles. The molecule has 1 unspecified atom stereocenters. The second kappa shape index (κ2) is 15.7. The highest BCUT2D eigenvalue weighted by molar-refractivity contribution is 6.23. The van der Waals surface area contributed by atoms with E-state index in [1.165, 1.54) is 5.57 Å². The summed E-state index contributed by atoms with van der Waals surface area (Å²) < 4.78 is 11.7. The van der Waals surface area contributed by atoms with Crippen LogP contribution in [-0.4, -0.2) is 66.0 Å². The minimum atomic E-state index is -0.988. The van der Waals surface area contributed by atoms with Crippen molar-refractivity contribution in [2.24, 2.45) is 0 Å². The summed E-state index contributed by atoms with van der Waals surface area (Å²) in [5, 5.41) is 15.3. The molecule has 10 nitrogen and oxygen atoms in total. The van der Waals surface area contributed by atoms with Gasteiger partial charge in [0.2, 0.25) is 11.8 Å². The third-order valence-corrected chi connectivity index (χ3v) is 8.81. The molecular weight excluding hydrogens is 634 g/mol. The minimum Gasteiger partial charge on any atom is -0.508 e. The maximum Gasteiger partial charge on any atom is 0.262 e. The van der Waals surface area contributed by atoms with Crippen molar-refractivity contribution in [2.75, 3.05) is 31.7 Å². The number of phenols is 1. The molecule has 256 valence electrons. The van der Waals surface area contributed by atoms with Gasteiger partial charge in [-0.1, -0.05) is 61.5 Å². The zero-order valence-corrected chi connectivity index (χ0v) is 27.8. The van der Waals surface area contributed by atoms with E-state index in [-0.39, 0.29) is 29.7 Å². The average molecular weight is 674 g/mol. The minimum absolute atomic E-state index is 0.0783. The lowest BCUT2D eigenvalue weighted by molar-refractivity contribution is -0.136. The highest BCUT2D eigenvalue weighted by atomic mass is 16.5. The average Bonchev–Trinajstić information content (AvgIpc) is 3.37. The van der Waals surface area contributed by atoms with E-state index >= 15 is 0 Å². The second-order valence-electron chi connectivity index (χ2n) is 12.1. The highest BCUT2D eigenvalue weighted by Crippen LogP contribution is 2.36. The van der Waals surface area contributed by atoms with Crippen molar-refractivity contribution in [3.8, 4) is 11.5 Å². The molecule has 10 heteroatoms. The van der Waals surface area contributed by atoms with Gasteiger partial charge in [0.25, 0.3) is 11.8 Å². The monoisotopic (exact) mass is 673 g/mol. The van der Waals surface area contributed by atoms with Crippen molar-refractivity contribution in [3.05, 3.63) is 125 Å². The highest BCUT2D eigenvalue weighted by Gasteiger charge is 2.44. The molecule has 0 saturated carbocycles. The Bertz CT molecular complexity index is 1900. The summed E-state index contributed by atoms with van der Waals surface area (Å²) in [6.07, 6.45) is 1.74. The Hall–Kier alpha value is -5.74. The number of amides is 4. The van der Waals surface area contributed by atoms with Gasteiger partial charge in [-0.2, -0.15) is 0 Å². The van der Waals surface area contributed by atoms with Gasteiger partial charge in [-0.15, -0.1) is 0 Å². The molecule has 2 aliphatic rings. The summed E-state index contributed by atoms with van der Waals surface area (Å²) in [7, 11) is 0. The number of aromatic hydroxyl groups is 1. The van der Waals surface area contributed by atoms with Crippen LogP contribution in [0.2, 0.25) is 0 Å². The van der Waals surface area contributed by atoms with Crippen LogP contribution in [0.15, 0.2) is 97.1 Å². The molecular formula is C40H39N3O7. The molecule has 1 saturated heterocycles. The van der Waals surface area contributed by atoms with Crippen molar-refractivity contribution >= 4 is 40.5 Å². The van der Waals surface area contributed by atoms with Gasteiger partial charge in [-0.3, -0.25) is 29.4 Å². The quantitative estimate of drug-likeness (QED) is 0.0836. The van der Waals surface area contributed by atoms with E-state index in [4.69, 9.17) is 9.47 Å². The number of allylic oxidation sites excluding steroid dienone is 1. The van der Waals surface area contributed by atoms with Gasteiger partial charge < -0.3 is 19.9 Å². The number of carbonyl (C=O) groups is 4. The Balaban J connectivity index is 0.964. The normalized spacial score (nSPS) is 16.2. The molecule has 4 amide bonds. The molecule has 1 fully saturated rings. The predicted molar refractivity (Wildman–Crippen MR) is 190 cm³/mol. The number of nitrogens with zero attached hydrogens (tertiary/aromatic N) is 1. The Morgan fingerprint density at radius 2 is 1.52 bits per heavy atom. The third kappa shape index (κ3) is 7.61. The van der Waals surface area contributed by atoms with E-state index in [0.717, 1.165) is 39.3 Å². The zero-order valence-electron chi connectivity index (χ0n) is 27.8. The largest absolute Gasteiger partial charge is 0.508 e. The molecule has 0 bridgehead atoms. The molecule has 0 aliphatic carbocycles. The lowest BCUT2D eigenvalue weighted by Gasteiger charge is -2.27. The molecule has 4 aromatic rings. The first-order chi connectivity index (χ1) is 24.3. The number of hydrogen-bond acceptors (Lipinski definition) is 8. The number of fused-ring (bicyclic) bond motifs is 1. The zero-order chi connectivity index (χ0) is 35.0. The Kier molecular flexibility index (Phi) is 10.7. The van der Waals surface area contributed by atoms with E-state index in [9.17, 15) is 24.3 Å². The van der Waals surface area contributed by atoms with E-state index in [0.29, 0.717) is 38.5 Å². The summed E-state index contributed by atoms with van der Waals surface area (Å²) in [4.78, 5) is 50.7. The van der Waals surface area contributed by atoms with Crippen molar-refractivity contribution < 1.29 is 33.8 Å². The number of imide groups is 2. The van der Waals surface area contributed by atoms with Gasteiger partial charge >= 0.3 is 0 Å².